The maximum absolute atomic E-state index is 12.9. The first kappa shape index (κ1) is 25.5. The first-order valence-corrected chi connectivity index (χ1v) is 15.8. The number of aryl methyl sites for hydroxylation is 1. The van der Waals surface area contributed by atoms with E-state index in [1.807, 2.05) is 11.3 Å². The molecule has 2 aliphatic carbocycles. The number of carbonyl (C=O) groups excluding carboxylic acids is 1. The minimum atomic E-state index is -0.0970. The molecule has 36 heavy (non-hydrogen) atoms. The molecule has 5 rings (SSSR count). The van der Waals surface area contributed by atoms with Crippen molar-refractivity contribution in [1.82, 2.24) is 14.8 Å². The zero-order valence-electron chi connectivity index (χ0n) is 21.1. The van der Waals surface area contributed by atoms with E-state index in [4.69, 9.17) is 0 Å². The highest BCUT2D eigenvalue weighted by atomic mass is 32.2. The number of nitrogens with zero attached hydrogens (tertiary/aromatic N) is 4. The SMILES string of the molecule is CCCn1c(SCC(=O)Nc2sc3c(c2C#N)CCCCCC3)nnc1-c1csc2c1CCC(C)C2. The number of hydrogen-bond acceptors (Lipinski definition) is 7. The van der Waals surface area contributed by atoms with E-state index < -0.39 is 0 Å². The lowest BCUT2D eigenvalue weighted by atomic mass is 9.88. The number of aromatic nitrogens is 3. The van der Waals surface area contributed by atoms with Gasteiger partial charge in [-0.05, 0) is 68.4 Å². The molecule has 6 nitrogen and oxygen atoms in total. The Labute approximate surface area is 225 Å². The molecule has 190 valence electrons. The molecule has 3 aromatic heterocycles. The van der Waals surface area contributed by atoms with Gasteiger partial charge in [0.1, 0.15) is 11.1 Å². The number of anilines is 1. The molecule has 1 unspecified atom stereocenters. The molecule has 0 fully saturated rings. The fraction of sp³-hybridized carbons (Fsp3) is 0.556. The van der Waals surface area contributed by atoms with E-state index in [1.54, 1.807) is 11.3 Å². The van der Waals surface area contributed by atoms with Gasteiger partial charge >= 0.3 is 0 Å². The molecule has 3 aromatic rings. The third kappa shape index (κ3) is 5.27. The average molecular weight is 540 g/mol. The van der Waals surface area contributed by atoms with Crippen molar-refractivity contribution < 1.29 is 4.79 Å². The smallest absolute Gasteiger partial charge is 0.235 e. The summed E-state index contributed by atoms with van der Waals surface area (Å²) in [5.41, 5.74) is 4.48. The van der Waals surface area contributed by atoms with Crippen molar-refractivity contribution in [3.63, 3.8) is 0 Å². The van der Waals surface area contributed by atoms with Crippen LogP contribution in [0, 0.1) is 17.2 Å². The Morgan fingerprint density at radius 3 is 2.83 bits per heavy atom. The largest absolute Gasteiger partial charge is 0.316 e. The lowest BCUT2D eigenvalue weighted by Gasteiger charge is -2.19. The number of fused-ring (bicyclic) bond motifs is 2. The molecule has 9 heteroatoms. The second kappa shape index (κ2) is 11.5. The fourth-order valence-electron chi connectivity index (χ4n) is 5.30. The quantitative estimate of drug-likeness (QED) is 0.332. The van der Waals surface area contributed by atoms with Crippen molar-refractivity contribution in [3.8, 4) is 17.5 Å². The Morgan fingerprint density at radius 1 is 1.19 bits per heavy atom. The summed E-state index contributed by atoms with van der Waals surface area (Å²) < 4.78 is 2.18. The molecule has 2 aliphatic rings. The molecule has 0 radical (unpaired) electrons. The minimum absolute atomic E-state index is 0.0970. The van der Waals surface area contributed by atoms with Gasteiger partial charge in [0, 0.05) is 27.2 Å². The molecule has 3 heterocycles. The van der Waals surface area contributed by atoms with Gasteiger partial charge in [-0.1, -0.05) is 38.5 Å². The predicted octanol–water partition coefficient (Wildman–Crippen LogP) is 6.86. The number of nitriles is 1. The first-order chi connectivity index (χ1) is 17.6. The molecule has 1 N–H and O–H groups in total. The second-order valence-electron chi connectivity index (χ2n) is 9.93. The van der Waals surface area contributed by atoms with E-state index in [1.165, 1.54) is 51.9 Å². The van der Waals surface area contributed by atoms with Crippen LogP contribution in [0.3, 0.4) is 0 Å². The Morgan fingerprint density at radius 2 is 2.03 bits per heavy atom. The van der Waals surface area contributed by atoms with Gasteiger partial charge in [0.25, 0.3) is 0 Å². The van der Waals surface area contributed by atoms with Gasteiger partial charge in [0.15, 0.2) is 11.0 Å². The van der Waals surface area contributed by atoms with E-state index in [-0.39, 0.29) is 11.7 Å². The number of carbonyl (C=O) groups is 1. The molecule has 0 saturated carbocycles. The van der Waals surface area contributed by atoms with Gasteiger partial charge < -0.3 is 9.88 Å². The van der Waals surface area contributed by atoms with Crippen molar-refractivity contribution in [2.24, 2.45) is 5.92 Å². The lowest BCUT2D eigenvalue weighted by molar-refractivity contribution is -0.113. The van der Waals surface area contributed by atoms with Crippen LogP contribution in [0.2, 0.25) is 0 Å². The van der Waals surface area contributed by atoms with E-state index in [0.717, 1.165) is 74.0 Å². The Kier molecular flexibility index (Phi) is 8.14. The van der Waals surface area contributed by atoms with Gasteiger partial charge in [-0.2, -0.15) is 5.26 Å². The van der Waals surface area contributed by atoms with Gasteiger partial charge in [-0.15, -0.1) is 32.9 Å². The van der Waals surface area contributed by atoms with Crippen molar-refractivity contribution in [2.45, 2.75) is 89.8 Å². The molecule has 1 atom stereocenters. The van der Waals surface area contributed by atoms with Crippen LogP contribution in [0.1, 0.15) is 78.8 Å². The summed E-state index contributed by atoms with van der Waals surface area (Å²) in [7, 11) is 0. The van der Waals surface area contributed by atoms with Crippen LogP contribution in [0.25, 0.3) is 11.4 Å². The van der Waals surface area contributed by atoms with Crippen molar-refractivity contribution in [2.75, 3.05) is 11.1 Å². The third-order valence-corrected chi connectivity index (χ3v) is 10.4. The molecule has 0 bridgehead atoms. The van der Waals surface area contributed by atoms with Crippen LogP contribution in [-0.4, -0.2) is 26.4 Å². The molecule has 0 aromatic carbocycles. The van der Waals surface area contributed by atoms with E-state index in [2.05, 4.69) is 45.4 Å². The van der Waals surface area contributed by atoms with Crippen molar-refractivity contribution in [1.29, 1.82) is 5.26 Å². The number of thioether (sulfide) groups is 1. The first-order valence-electron chi connectivity index (χ1n) is 13.1. The van der Waals surface area contributed by atoms with Crippen LogP contribution in [0.5, 0.6) is 0 Å². The molecule has 0 saturated heterocycles. The highest BCUT2D eigenvalue weighted by Crippen LogP contribution is 2.39. The second-order valence-corrected chi connectivity index (χ2v) is 12.9. The standard InChI is InChI=1S/C27H33N5OS3/c1-3-12-32-25(21-15-34-23-13-17(2)10-11-19(21)23)30-31-27(32)35-16-24(33)29-26-20(14-28)18-8-6-4-5-7-9-22(18)36-26/h15,17H,3-13,16H2,1-2H3,(H,29,33). The number of amides is 1. The van der Waals surface area contributed by atoms with Crippen molar-refractivity contribution in [3.05, 3.63) is 31.8 Å². The normalized spacial score (nSPS) is 17.5. The minimum Gasteiger partial charge on any atom is -0.316 e. The number of nitrogens with one attached hydrogen (secondary N) is 1. The van der Waals surface area contributed by atoms with Crippen LogP contribution >= 0.6 is 34.4 Å². The van der Waals surface area contributed by atoms with Crippen LogP contribution in [-0.2, 0) is 37.0 Å². The van der Waals surface area contributed by atoms with Gasteiger partial charge in [-0.3, -0.25) is 4.79 Å². The summed E-state index contributed by atoms with van der Waals surface area (Å²) in [6.45, 7) is 5.31. The van der Waals surface area contributed by atoms with Gasteiger partial charge in [0.2, 0.25) is 5.91 Å². The van der Waals surface area contributed by atoms with Crippen LogP contribution < -0.4 is 5.32 Å². The van der Waals surface area contributed by atoms with Crippen molar-refractivity contribution >= 4 is 45.3 Å². The van der Waals surface area contributed by atoms with E-state index >= 15 is 0 Å². The lowest BCUT2D eigenvalue weighted by Crippen LogP contribution is -2.15. The van der Waals surface area contributed by atoms with E-state index in [9.17, 15) is 10.1 Å². The highest BCUT2D eigenvalue weighted by molar-refractivity contribution is 7.99. The average Bonchev–Trinajstić information content (AvgIpc) is 3.53. The molecule has 1 amide bonds. The maximum atomic E-state index is 12.9. The maximum Gasteiger partial charge on any atom is 0.235 e. The summed E-state index contributed by atoms with van der Waals surface area (Å²) in [6, 6.07) is 2.37. The monoisotopic (exact) mass is 539 g/mol. The van der Waals surface area contributed by atoms with Crippen LogP contribution in [0.15, 0.2) is 10.5 Å². The molecule has 0 spiro atoms. The molecular weight excluding hydrogens is 507 g/mol. The zero-order valence-corrected chi connectivity index (χ0v) is 23.5. The molecule has 0 aliphatic heterocycles. The van der Waals surface area contributed by atoms with Gasteiger partial charge in [0.05, 0.1) is 11.3 Å². The summed E-state index contributed by atoms with van der Waals surface area (Å²) in [4.78, 5) is 15.7. The summed E-state index contributed by atoms with van der Waals surface area (Å²) in [5, 5.41) is 25.7. The summed E-state index contributed by atoms with van der Waals surface area (Å²) in [5.74, 6) is 1.82. The third-order valence-electron chi connectivity index (χ3n) is 7.18. The number of thiophene rings is 2. The Balaban J connectivity index is 1.30. The Bertz CT molecular complexity index is 1280. The highest BCUT2D eigenvalue weighted by Gasteiger charge is 2.25. The zero-order chi connectivity index (χ0) is 25.1. The molecular formula is C27H33N5OS3. The summed E-state index contributed by atoms with van der Waals surface area (Å²) >= 11 is 4.86. The topological polar surface area (TPSA) is 83.6 Å². The van der Waals surface area contributed by atoms with E-state index in [0.29, 0.717) is 10.6 Å². The van der Waals surface area contributed by atoms with Crippen LogP contribution in [0.4, 0.5) is 5.00 Å². The predicted molar refractivity (Wildman–Crippen MR) is 149 cm³/mol. The number of rotatable bonds is 7. The summed E-state index contributed by atoms with van der Waals surface area (Å²) in [6.07, 6.45) is 11.1. The van der Waals surface area contributed by atoms with Gasteiger partial charge in [-0.25, -0.2) is 0 Å². The fourth-order valence-corrected chi connectivity index (χ4v) is 8.57. The Hall–Kier alpha value is -2.15. The number of hydrogen-bond donors (Lipinski definition) is 1.